The number of amides is 2. The third-order valence-corrected chi connectivity index (χ3v) is 5.24. The summed E-state index contributed by atoms with van der Waals surface area (Å²) in [5.74, 6) is -1.83. The zero-order valence-corrected chi connectivity index (χ0v) is 13.8. The van der Waals surface area contributed by atoms with Gasteiger partial charge in [0.2, 0.25) is 0 Å². The molecule has 0 spiro atoms. The van der Waals surface area contributed by atoms with Gasteiger partial charge in [0, 0.05) is 24.5 Å². The molecule has 1 N–H and O–H groups in total. The summed E-state index contributed by atoms with van der Waals surface area (Å²) < 4.78 is 37.1. The molecule has 2 heterocycles. The number of halogens is 3. The second-order valence-corrected chi connectivity index (χ2v) is 7.05. The molecule has 0 radical (unpaired) electrons. The van der Waals surface area contributed by atoms with E-state index in [2.05, 4.69) is 5.32 Å². The lowest BCUT2D eigenvalue weighted by Gasteiger charge is -2.32. The summed E-state index contributed by atoms with van der Waals surface area (Å²) in [5, 5.41) is 2.83. The first-order valence-corrected chi connectivity index (χ1v) is 8.21. The maximum absolute atomic E-state index is 12.4. The van der Waals surface area contributed by atoms with Crippen LogP contribution < -0.4 is 5.32 Å². The lowest BCUT2D eigenvalue weighted by atomic mass is 9.96. The smallest absolute Gasteiger partial charge is 0.351 e. The van der Waals surface area contributed by atoms with Crippen molar-refractivity contribution in [3.8, 4) is 0 Å². The number of thiophene rings is 1. The van der Waals surface area contributed by atoms with Crippen LogP contribution in [-0.2, 0) is 4.79 Å². The molecule has 1 aromatic rings. The first-order chi connectivity index (χ1) is 10.7. The summed E-state index contributed by atoms with van der Waals surface area (Å²) in [6, 6.07) is 1.83. The van der Waals surface area contributed by atoms with Gasteiger partial charge in [0.05, 0.1) is 4.88 Å². The number of hydrogen-bond donors (Lipinski definition) is 1. The quantitative estimate of drug-likeness (QED) is 0.913. The maximum atomic E-state index is 12.4. The molecular formula is C15H19F3N2O2S. The van der Waals surface area contributed by atoms with Crippen molar-refractivity contribution in [3.05, 3.63) is 21.4 Å². The number of nitrogens with one attached hydrogen (secondary N) is 1. The van der Waals surface area contributed by atoms with E-state index >= 15 is 0 Å². The molecule has 4 nitrogen and oxygen atoms in total. The molecule has 0 aromatic carbocycles. The van der Waals surface area contributed by atoms with E-state index in [0.717, 1.165) is 15.3 Å². The molecular weight excluding hydrogens is 329 g/mol. The van der Waals surface area contributed by atoms with Crippen LogP contribution in [0.3, 0.4) is 0 Å². The lowest BCUT2D eigenvalue weighted by molar-refractivity contribution is -0.186. The Hall–Kier alpha value is -1.57. The summed E-state index contributed by atoms with van der Waals surface area (Å²) >= 11 is 1.43. The summed E-state index contributed by atoms with van der Waals surface area (Å²) in [5.41, 5.74) is 1.07. The van der Waals surface area contributed by atoms with E-state index in [1.54, 1.807) is 0 Å². The molecule has 0 bridgehead atoms. The van der Waals surface area contributed by atoms with Crippen molar-refractivity contribution in [1.29, 1.82) is 0 Å². The highest BCUT2D eigenvalue weighted by molar-refractivity contribution is 7.14. The van der Waals surface area contributed by atoms with Crippen LogP contribution in [0.2, 0.25) is 0 Å². The van der Waals surface area contributed by atoms with Crippen molar-refractivity contribution in [2.45, 2.75) is 32.9 Å². The highest BCUT2D eigenvalue weighted by Crippen LogP contribution is 2.24. The van der Waals surface area contributed by atoms with E-state index < -0.39 is 12.1 Å². The monoisotopic (exact) mass is 348 g/mol. The van der Waals surface area contributed by atoms with E-state index in [-0.39, 0.29) is 24.9 Å². The van der Waals surface area contributed by atoms with Gasteiger partial charge in [0.25, 0.3) is 5.91 Å². The molecule has 2 rings (SSSR count). The number of hydrogen-bond acceptors (Lipinski definition) is 3. The standard InChI is InChI=1S/C15H19F3N2O2S/c1-9-7-12(23-10(9)2)13(21)19-8-11-3-5-20(6-4-11)14(22)15(16,17)18/h7,11H,3-6,8H2,1-2H3,(H,19,21). The Labute approximate surface area is 136 Å². The van der Waals surface area contributed by atoms with Crippen molar-refractivity contribution < 1.29 is 22.8 Å². The Morgan fingerprint density at radius 1 is 1.30 bits per heavy atom. The second-order valence-electron chi connectivity index (χ2n) is 5.79. The molecule has 1 saturated heterocycles. The van der Waals surface area contributed by atoms with Crippen LogP contribution in [0.4, 0.5) is 13.2 Å². The van der Waals surface area contributed by atoms with Gasteiger partial charge in [-0.3, -0.25) is 9.59 Å². The van der Waals surface area contributed by atoms with Gasteiger partial charge in [0.1, 0.15) is 0 Å². The minimum Gasteiger partial charge on any atom is -0.351 e. The third-order valence-electron chi connectivity index (χ3n) is 4.09. The van der Waals surface area contributed by atoms with Crippen molar-refractivity contribution in [2.24, 2.45) is 5.92 Å². The van der Waals surface area contributed by atoms with Crippen LogP contribution in [0.1, 0.15) is 33.0 Å². The van der Waals surface area contributed by atoms with Crippen LogP contribution in [0.25, 0.3) is 0 Å². The number of carbonyl (C=O) groups is 2. The maximum Gasteiger partial charge on any atom is 0.471 e. The fraction of sp³-hybridized carbons (Fsp3) is 0.600. The first-order valence-electron chi connectivity index (χ1n) is 7.40. The van der Waals surface area contributed by atoms with Gasteiger partial charge in [-0.15, -0.1) is 11.3 Å². The van der Waals surface area contributed by atoms with Gasteiger partial charge in [-0.25, -0.2) is 0 Å². The minimum atomic E-state index is -4.81. The molecule has 128 valence electrons. The van der Waals surface area contributed by atoms with Crippen LogP contribution >= 0.6 is 11.3 Å². The molecule has 0 atom stereocenters. The van der Waals surface area contributed by atoms with Gasteiger partial charge in [-0.2, -0.15) is 13.2 Å². The third kappa shape index (κ3) is 4.46. The molecule has 0 saturated carbocycles. The molecule has 1 fully saturated rings. The van der Waals surface area contributed by atoms with E-state index in [1.165, 1.54) is 11.3 Å². The number of rotatable bonds is 3. The number of nitrogens with zero attached hydrogens (tertiary/aromatic N) is 1. The van der Waals surface area contributed by atoms with Gasteiger partial charge >= 0.3 is 12.1 Å². The lowest BCUT2D eigenvalue weighted by Crippen LogP contribution is -2.46. The molecule has 8 heteroatoms. The Morgan fingerprint density at radius 3 is 2.39 bits per heavy atom. The molecule has 23 heavy (non-hydrogen) atoms. The Bertz CT molecular complexity index is 571. The Kier molecular flexibility index (Phi) is 5.33. The highest BCUT2D eigenvalue weighted by Gasteiger charge is 2.43. The normalized spacial score (nSPS) is 16.5. The van der Waals surface area contributed by atoms with Crippen LogP contribution in [0, 0.1) is 19.8 Å². The molecule has 0 unspecified atom stereocenters. The van der Waals surface area contributed by atoms with Crippen molar-refractivity contribution in [3.63, 3.8) is 0 Å². The topological polar surface area (TPSA) is 49.4 Å². The van der Waals surface area contributed by atoms with E-state index in [1.807, 2.05) is 19.9 Å². The first kappa shape index (κ1) is 17.8. The molecule has 1 aliphatic heterocycles. The highest BCUT2D eigenvalue weighted by atomic mass is 32.1. The number of alkyl halides is 3. The van der Waals surface area contributed by atoms with E-state index in [4.69, 9.17) is 0 Å². The summed E-state index contributed by atoms with van der Waals surface area (Å²) in [6.45, 7) is 4.47. The molecule has 2 amide bonds. The minimum absolute atomic E-state index is 0.0795. The van der Waals surface area contributed by atoms with Gasteiger partial charge in [0.15, 0.2) is 0 Å². The fourth-order valence-corrected chi connectivity index (χ4v) is 3.48. The van der Waals surface area contributed by atoms with Crippen LogP contribution in [0.5, 0.6) is 0 Å². The number of carbonyl (C=O) groups excluding carboxylic acids is 2. The largest absolute Gasteiger partial charge is 0.471 e. The zero-order valence-electron chi connectivity index (χ0n) is 13.0. The van der Waals surface area contributed by atoms with Crippen LogP contribution in [-0.4, -0.2) is 42.5 Å². The number of piperidine rings is 1. The molecule has 1 aliphatic rings. The van der Waals surface area contributed by atoms with Gasteiger partial charge < -0.3 is 10.2 Å². The summed E-state index contributed by atoms with van der Waals surface area (Å²) in [6.07, 6.45) is -3.88. The molecule has 1 aromatic heterocycles. The van der Waals surface area contributed by atoms with E-state index in [9.17, 15) is 22.8 Å². The fourth-order valence-electron chi connectivity index (χ4n) is 2.53. The predicted octanol–water partition coefficient (Wildman–Crippen LogP) is 2.90. The van der Waals surface area contributed by atoms with Crippen LogP contribution in [0.15, 0.2) is 6.07 Å². The molecule has 0 aliphatic carbocycles. The van der Waals surface area contributed by atoms with Gasteiger partial charge in [-0.1, -0.05) is 0 Å². The van der Waals surface area contributed by atoms with Gasteiger partial charge in [-0.05, 0) is 44.2 Å². The average Bonchev–Trinajstić information content (AvgIpc) is 2.83. The average molecular weight is 348 g/mol. The van der Waals surface area contributed by atoms with Crippen molar-refractivity contribution in [1.82, 2.24) is 10.2 Å². The number of aryl methyl sites for hydroxylation is 2. The zero-order chi connectivity index (χ0) is 17.2. The van der Waals surface area contributed by atoms with Crippen molar-refractivity contribution in [2.75, 3.05) is 19.6 Å². The van der Waals surface area contributed by atoms with E-state index in [0.29, 0.717) is 24.3 Å². The number of likely N-dealkylation sites (tertiary alicyclic amines) is 1. The second kappa shape index (κ2) is 6.90. The van der Waals surface area contributed by atoms with Crippen molar-refractivity contribution >= 4 is 23.2 Å². The summed E-state index contributed by atoms with van der Waals surface area (Å²) in [7, 11) is 0. The SMILES string of the molecule is Cc1cc(C(=O)NCC2CCN(C(=O)C(F)(F)F)CC2)sc1C. The Balaban J connectivity index is 1.79. The summed E-state index contributed by atoms with van der Waals surface area (Å²) in [4.78, 5) is 25.8. The predicted molar refractivity (Wildman–Crippen MR) is 81.5 cm³/mol. The Morgan fingerprint density at radius 2 is 1.91 bits per heavy atom.